The lowest BCUT2D eigenvalue weighted by molar-refractivity contribution is 0.0903. The summed E-state index contributed by atoms with van der Waals surface area (Å²) in [6.07, 6.45) is 5.61. The normalized spacial score (nSPS) is 18.5. The van der Waals surface area contributed by atoms with Crippen molar-refractivity contribution >= 4 is 52.9 Å². The van der Waals surface area contributed by atoms with Crippen LogP contribution < -0.4 is 30.5 Å². The van der Waals surface area contributed by atoms with Crippen molar-refractivity contribution in [2.45, 2.75) is 24.4 Å². The van der Waals surface area contributed by atoms with Crippen LogP contribution in [0.25, 0.3) is 23.5 Å². The van der Waals surface area contributed by atoms with Crippen molar-refractivity contribution in [2.75, 3.05) is 32.8 Å². The second kappa shape index (κ2) is 9.10. The van der Waals surface area contributed by atoms with Gasteiger partial charge in [-0.2, -0.15) is 0 Å². The molecule has 1 saturated heterocycles. The minimum absolute atomic E-state index is 0.258. The maximum absolute atomic E-state index is 6.63. The Balaban J connectivity index is 1.90. The molecule has 0 radical (unpaired) electrons. The largest absolute Gasteiger partial charge is 0.495 e. The van der Waals surface area contributed by atoms with E-state index in [2.05, 4.69) is 10.6 Å². The topological polar surface area (TPSA) is 64.6 Å². The molecule has 0 aliphatic carbocycles. The molecule has 1 atom stereocenters. The van der Waals surface area contributed by atoms with Gasteiger partial charge in [0.05, 0.1) is 30.0 Å². The first-order chi connectivity index (χ1) is 14.5. The Morgan fingerprint density at radius 2 is 1.77 bits per heavy atom. The quantitative estimate of drug-likeness (QED) is 0.516. The maximum Gasteiger partial charge on any atom is 0.141 e. The number of benzene rings is 1. The molecule has 3 heterocycles. The molecule has 30 heavy (non-hydrogen) atoms. The summed E-state index contributed by atoms with van der Waals surface area (Å²) in [5.41, 5.74) is 0.841. The number of nitrogens with zero attached hydrogens (tertiary/aromatic N) is 1. The Labute approximate surface area is 189 Å². The Bertz CT molecular complexity index is 1040. The molecule has 2 N–H and O–H groups in total. The summed E-state index contributed by atoms with van der Waals surface area (Å²) >= 11 is 19.6. The van der Waals surface area contributed by atoms with Crippen LogP contribution in [0.5, 0.6) is 11.5 Å². The number of hydrogen-bond donors (Lipinski definition) is 2. The summed E-state index contributed by atoms with van der Waals surface area (Å²) in [7, 11) is 3.09. The molecule has 6 nitrogen and oxygen atoms in total. The van der Waals surface area contributed by atoms with Crippen molar-refractivity contribution in [2.24, 2.45) is 0 Å². The first kappa shape index (κ1) is 21.4. The fourth-order valence-corrected chi connectivity index (χ4v) is 4.50. The number of ether oxygens (including phenoxy) is 3. The van der Waals surface area contributed by atoms with Gasteiger partial charge in [-0.1, -0.05) is 34.8 Å². The number of fused-ring (bicyclic) bond motifs is 1. The number of pyridine rings is 1. The van der Waals surface area contributed by atoms with Gasteiger partial charge in [-0.15, -0.1) is 0 Å². The monoisotopic (exact) mass is 469 g/mol. The lowest BCUT2D eigenvalue weighted by atomic mass is 10.1. The van der Waals surface area contributed by atoms with Gasteiger partial charge in [0, 0.05) is 47.5 Å². The third-order valence-electron chi connectivity index (χ3n) is 5.19. The van der Waals surface area contributed by atoms with E-state index in [-0.39, 0.29) is 11.5 Å². The van der Waals surface area contributed by atoms with E-state index in [1.165, 1.54) is 0 Å². The predicted octanol–water partition coefficient (Wildman–Crippen LogP) is 3.35. The fraction of sp³-hybridized carbons (Fsp3) is 0.381. The molecule has 9 heteroatoms. The summed E-state index contributed by atoms with van der Waals surface area (Å²) in [5.74, 6) is 1.65. The number of methoxy groups -OCH3 is 2. The number of hydrogen-bond acceptors (Lipinski definition) is 6. The lowest BCUT2D eigenvalue weighted by Gasteiger charge is -2.25. The highest BCUT2D eigenvalue weighted by Crippen LogP contribution is 2.45. The molecule has 2 aromatic rings. The standard InChI is InChI=1S/C21H22Cl3N3O3/c1-28-15-9-16(29-2)20(24)18(19(15)23)14-7-11-10-25-17(22)8-13(11)21(27-14)26-12-3-5-30-6-4-12/h7-10,12,17,25H,3-6H2,1-2H3,(H,26,27). The van der Waals surface area contributed by atoms with Crippen LogP contribution in [-0.4, -0.2) is 44.0 Å². The van der Waals surface area contributed by atoms with Crippen LogP contribution in [0.3, 0.4) is 0 Å². The van der Waals surface area contributed by atoms with Crippen LogP contribution in [0.2, 0.25) is 10.0 Å². The Hall–Kier alpha value is -1.86. The number of aromatic nitrogens is 1. The Morgan fingerprint density at radius 3 is 2.40 bits per heavy atom. The third kappa shape index (κ3) is 4.14. The summed E-state index contributed by atoms with van der Waals surface area (Å²) in [5, 5.41) is 9.28. The zero-order chi connectivity index (χ0) is 21.3. The molecule has 1 aromatic carbocycles. The minimum atomic E-state index is -0.315. The van der Waals surface area contributed by atoms with Gasteiger partial charge < -0.3 is 24.8 Å². The van der Waals surface area contributed by atoms with Crippen molar-refractivity contribution < 1.29 is 14.2 Å². The highest BCUT2D eigenvalue weighted by Gasteiger charge is 2.22. The maximum atomic E-state index is 6.63. The fourth-order valence-electron chi connectivity index (χ4n) is 3.62. The highest BCUT2D eigenvalue weighted by molar-refractivity contribution is 6.41. The number of alkyl halides is 1. The van der Waals surface area contributed by atoms with E-state index >= 15 is 0 Å². The summed E-state index contributed by atoms with van der Waals surface area (Å²) in [6, 6.07) is 3.84. The van der Waals surface area contributed by atoms with Gasteiger partial charge >= 0.3 is 0 Å². The molecule has 1 fully saturated rings. The zero-order valence-corrected chi connectivity index (χ0v) is 18.9. The zero-order valence-electron chi connectivity index (χ0n) is 16.6. The van der Waals surface area contributed by atoms with Crippen molar-refractivity contribution in [3.8, 4) is 22.8 Å². The summed E-state index contributed by atoms with van der Waals surface area (Å²) in [6.45, 7) is 1.44. The van der Waals surface area contributed by atoms with E-state index in [4.69, 9.17) is 54.0 Å². The van der Waals surface area contributed by atoms with E-state index in [0.29, 0.717) is 32.8 Å². The van der Waals surface area contributed by atoms with Gasteiger partial charge in [-0.25, -0.2) is 4.98 Å². The molecule has 0 bridgehead atoms. The molecule has 1 unspecified atom stereocenters. The Morgan fingerprint density at radius 1 is 1.10 bits per heavy atom. The molecule has 0 spiro atoms. The summed E-state index contributed by atoms with van der Waals surface area (Å²) in [4.78, 5) is 4.89. The van der Waals surface area contributed by atoms with Crippen molar-refractivity contribution in [1.29, 1.82) is 0 Å². The van der Waals surface area contributed by atoms with Gasteiger partial charge in [0.1, 0.15) is 22.8 Å². The van der Waals surface area contributed by atoms with E-state index < -0.39 is 0 Å². The van der Waals surface area contributed by atoms with Crippen LogP contribution in [0.15, 0.2) is 12.1 Å². The van der Waals surface area contributed by atoms with Crippen molar-refractivity contribution in [1.82, 2.24) is 10.3 Å². The first-order valence-electron chi connectivity index (χ1n) is 9.59. The van der Waals surface area contributed by atoms with Gasteiger partial charge in [0.25, 0.3) is 0 Å². The van der Waals surface area contributed by atoms with E-state index in [9.17, 15) is 0 Å². The molecule has 0 saturated carbocycles. The molecular weight excluding hydrogens is 449 g/mol. The number of halogens is 3. The predicted molar refractivity (Wildman–Crippen MR) is 121 cm³/mol. The second-order valence-electron chi connectivity index (χ2n) is 7.05. The SMILES string of the molecule is COc1cc(OC)c(Cl)c(-c2cc3c(c(NC4CCOCC4)n2)=CC(Cl)NC=3)c1Cl. The second-order valence-corrected chi connectivity index (χ2v) is 8.28. The van der Waals surface area contributed by atoms with Crippen LogP contribution in [-0.2, 0) is 4.74 Å². The highest BCUT2D eigenvalue weighted by atomic mass is 35.5. The van der Waals surface area contributed by atoms with Gasteiger partial charge in [0.15, 0.2) is 0 Å². The van der Waals surface area contributed by atoms with E-state index in [1.54, 1.807) is 20.3 Å². The van der Waals surface area contributed by atoms with Crippen molar-refractivity contribution in [3.63, 3.8) is 0 Å². The summed E-state index contributed by atoms with van der Waals surface area (Å²) < 4.78 is 16.3. The Kier molecular flexibility index (Phi) is 6.48. The van der Waals surface area contributed by atoms with Crippen LogP contribution >= 0.6 is 34.8 Å². The van der Waals surface area contributed by atoms with E-state index in [0.717, 1.165) is 42.3 Å². The molecule has 1 aromatic heterocycles. The average molecular weight is 471 g/mol. The first-order valence-corrected chi connectivity index (χ1v) is 10.8. The minimum Gasteiger partial charge on any atom is -0.495 e. The number of nitrogens with one attached hydrogen (secondary N) is 2. The smallest absolute Gasteiger partial charge is 0.141 e. The molecule has 2 aliphatic rings. The van der Waals surface area contributed by atoms with Crippen LogP contribution in [0, 0.1) is 0 Å². The number of rotatable bonds is 5. The molecule has 4 rings (SSSR count). The number of anilines is 1. The average Bonchev–Trinajstić information content (AvgIpc) is 2.75. The van der Waals surface area contributed by atoms with E-state index in [1.807, 2.05) is 18.3 Å². The van der Waals surface area contributed by atoms with Crippen molar-refractivity contribution in [3.05, 3.63) is 32.6 Å². The lowest BCUT2D eigenvalue weighted by Crippen LogP contribution is -2.40. The van der Waals surface area contributed by atoms with Gasteiger partial charge in [0.2, 0.25) is 0 Å². The van der Waals surface area contributed by atoms with Crippen LogP contribution in [0.4, 0.5) is 5.82 Å². The molecule has 0 amide bonds. The van der Waals surface area contributed by atoms with Gasteiger partial charge in [-0.3, -0.25) is 0 Å². The molecular formula is C21H22Cl3N3O3. The van der Waals surface area contributed by atoms with Crippen LogP contribution in [0.1, 0.15) is 12.8 Å². The molecule has 2 aliphatic heterocycles. The third-order valence-corrected chi connectivity index (χ3v) is 6.20. The molecule has 160 valence electrons. The van der Waals surface area contributed by atoms with Gasteiger partial charge in [-0.05, 0) is 25.0 Å².